The summed E-state index contributed by atoms with van der Waals surface area (Å²) in [5, 5.41) is 27.5. The van der Waals surface area contributed by atoms with E-state index in [-0.39, 0.29) is 12.2 Å². The van der Waals surface area contributed by atoms with Crippen LogP contribution in [0.4, 0.5) is 5.82 Å². The van der Waals surface area contributed by atoms with E-state index in [4.69, 9.17) is 11.0 Å². The number of aryl methyl sites for hydroxylation is 1. The van der Waals surface area contributed by atoms with Crippen molar-refractivity contribution in [2.75, 3.05) is 5.73 Å². The Kier molecular flexibility index (Phi) is 3.61. The first kappa shape index (κ1) is 11.4. The van der Waals surface area contributed by atoms with E-state index in [0.29, 0.717) is 5.56 Å². The number of nitrogens with two attached hydrogens (primary N) is 1. The quantitative estimate of drug-likeness (QED) is 0.660. The molecule has 0 radical (unpaired) electrons. The lowest BCUT2D eigenvalue weighted by atomic mass is 10.0. The van der Waals surface area contributed by atoms with Crippen molar-refractivity contribution < 1.29 is 10.2 Å². The second-order valence-electron chi connectivity index (χ2n) is 3.36. The van der Waals surface area contributed by atoms with Gasteiger partial charge in [0, 0.05) is 11.8 Å². The van der Waals surface area contributed by atoms with Gasteiger partial charge in [0.05, 0.1) is 18.6 Å². The summed E-state index contributed by atoms with van der Waals surface area (Å²) >= 11 is 0. The number of nitriles is 1. The predicted octanol–water partition coefficient (Wildman–Crippen LogP) is 0.280. The van der Waals surface area contributed by atoms with Gasteiger partial charge >= 0.3 is 0 Å². The molecule has 2 atom stereocenters. The number of aliphatic hydroxyl groups is 2. The zero-order chi connectivity index (χ0) is 11.4. The smallest absolute Gasteiger partial charge is 0.129 e. The van der Waals surface area contributed by atoms with Crippen LogP contribution in [0.25, 0.3) is 0 Å². The fraction of sp³-hybridized carbons (Fsp3) is 0.400. The third-order valence-electron chi connectivity index (χ3n) is 2.07. The molecule has 1 rings (SSSR count). The van der Waals surface area contributed by atoms with Gasteiger partial charge in [-0.3, -0.25) is 0 Å². The van der Waals surface area contributed by atoms with Crippen LogP contribution in [0.2, 0.25) is 0 Å². The van der Waals surface area contributed by atoms with Gasteiger partial charge in [0.25, 0.3) is 0 Å². The van der Waals surface area contributed by atoms with Crippen molar-refractivity contribution >= 4 is 5.82 Å². The van der Waals surface area contributed by atoms with E-state index in [0.717, 1.165) is 5.56 Å². The van der Waals surface area contributed by atoms with Gasteiger partial charge in [-0.2, -0.15) is 5.26 Å². The molecule has 2 unspecified atom stereocenters. The number of nitrogens with zero attached hydrogens (tertiary/aromatic N) is 2. The highest BCUT2D eigenvalue weighted by Gasteiger charge is 2.20. The lowest BCUT2D eigenvalue weighted by molar-refractivity contribution is 0.0219. The van der Waals surface area contributed by atoms with Crippen LogP contribution in [0.15, 0.2) is 12.3 Å². The second kappa shape index (κ2) is 4.73. The Morgan fingerprint density at radius 1 is 1.60 bits per heavy atom. The lowest BCUT2D eigenvalue weighted by Gasteiger charge is -2.17. The number of aromatic nitrogens is 1. The van der Waals surface area contributed by atoms with Crippen molar-refractivity contribution in [3.05, 3.63) is 23.4 Å². The summed E-state index contributed by atoms with van der Waals surface area (Å²) in [5.41, 5.74) is 6.75. The Morgan fingerprint density at radius 3 is 2.87 bits per heavy atom. The predicted molar refractivity (Wildman–Crippen MR) is 54.6 cm³/mol. The third kappa shape index (κ3) is 2.65. The maximum Gasteiger partial charge on any atom is 0.129 e. The van der Waals surface area contributed by atoms with E-state index >= 15 is 0 Å². The summed E-state index contributed by atoms with van der Waals surface area (Å²) in [6.45, 7) is 1.80. The number of hydrogen-bond donors (Lipinski definition) is 3. The molecule has 0 fully saturated rings. The molecule has 5 nitrogen and oxygen atoms in total. The molecule has 15 heavy (non-hydrogen) atoms. The Morgan fingerprint density at radius 2 is 2.27 bits per heavy atom. The highest BCUT2D eigenvalue weighted by molar-refractivity contribution is 5.42. The fourth-order valence-corrected chi connectivity index (χ4v) is 1.25. The molecular formula is C10H13N3O2. The van der Waals surface area contributed by atoms with Crippen LogP contribution in [0.3, 0.4) is 0 Å². The Hall–Kier alpha value is -1.64. The van der Waals surface area contributed by atoms with Crippen LogP contribution in [-0.4, -0.2) is 21.3 Å². The molecule has 5 heteroatoms. The van der Waals surface area contributed by atoms with Crippen LogP contribution in [0.1, 0.15) is 23.7 Å². The zero-order valence-corrected chi connectivity index (χ0v) is 8.38. The molecule has 0 bridgehead atoms. The van der Waals surface area contributed by atoms with Crippen LogP contribution in [0, 0.1) is 18.3 Å². The van der Waals surface area contributed by atoms with Crippen molar-refractivity contribution in [2.24, 2.45) is 0 Å². The molecule has 0 spiro atoms. The van der Waals surface area contributed by atoms with Crippen molar-refractivity contribution in [1.29, 1.82) is 5.26 Å². The van der Waals surface area contributed by atoms with E-state index in [1.54, 1.807) is 25.3 Å². The molecule has 4 N–H and O–H groups in total. The fourth-order valence-electron chi connectivity index (χ4n) is 1.25. The van der Waals surface area contributed by atoms with E-state index in [1.165, 1.54) is 0 Å². The topological polar surface area (TPSA) is 103 Å². The second-order valence-corrected chi connectivity index (χ2v) is 3.36. The average Bonchev–Trinajstić information content (AvgIpc) is 2.21. The number of anilines is 1. The molecule has 0 aliphatic heterocycles. The minimum absolute atomic E-state index is 0.144. The summed E-state index contributed by atoms with van der Waals surface area (Å²) < 4.78 is 0. The van der Waals surface area contributed by atoms with Gasteiger partial charge in [0.1, 0.15) is 11.9 Å². The van der Waals surface area contributed by atoms with Crippen LogP contribution in [0.5, 0.6) is 0 Å². The minimum atomic E-state index is -1.17. The van der Waals surface area contributed by atoms with Gasteiger partial charge in [0.2, 0.25) is 0 Å². The van der Waals surface area contributed by atoms with E-state index in [9.17, 15) is 10.2 Å². The summed E-state index contributed by atoms with van der Waals surface area (Å²) in [6.07, 6.45) is -0.880. The summed E-state index contributed by atoms with van der Waals surface area (Å²) in [6, 6.07) is 3.43. The number of hydrogen-bond acceptors (Lipinski definition) is 5. The molecule has 0 aliphatic rings. The summed E-state index contributed by atoms with van der Waals surface area (Å²) in [7, 11) is 0. The van der Waals surface area contributed by atoms with Crippen LogP contribution in [-0.2, 0) is 0 Å². The molecule has 80 valence electrons. The highest BCUT2D eigenvalue weighted by atomic mass is 16.3. The number of nitrogen functional groups attached to an aromatic ring is 1. The Bertz CT molecular complexity index is 387. The van der Waals surface area contributed by atoms with Crippen LogP contribution >= 0.6 is 0 Å². The maximum absolute atomic E-state index is 9.70. The zero-order valence-electron chi connectivity index (χ0n) is 8.38. The SMILES string of the molecule is Cc1cnc(N)c(C(O)C(O)CC#N)c1. The monoisotopic (exact) mass is 207 g/mol. The van der Waals surface area contributed by atoms with Gasteiger partial charge in [-0.05, 0) is 18.6 Å². The van der Waals surface area contributed by atoms with Crippen LogP contribution < -0.4 is 5.73 Å². The van der Waals surface area contributed by atoms with Gasteiger partial charge in [-0.25, -0.2) is 4.98 Å². The van der Waals surface area contributed by atoms with Crippen molar-refractivity contribution in [3.8, 4) is 6.07 Å². The maximum atomic E-state index is 9.70. The van der Waals surface area contributed by atoms with E-state index in [1.807, 2.05) is 0 Å². The van der Waals surface area contributed by atoms with E-state index < -0.39 is 12.2 Å². The molecule has 0 amide bonds. The molecule has 1 aromatic heterocycles. The first-order valence-corrected chi connectivity index (χ1v) is 4.51. The molecule has 1 heterocycles. The molecule has 0 aromatic carbocycles. The number of aliphatic hydroxyl groups excluding tert-OH is 2. The third-order valence-corrected chi connectivity index (χ3v) is 2.07. The lowest BCUT2D eigenvalue weighted by Crippen LogP contribution is -2.19. The normalized spacial score (nSPS) is 14.3. The Balaban J connectivity index is 2.95. The van der Waals surface area contributed by atoms with Gasteiger partial charge in [-0.1, -0.05) is 0 Å². The number of pyridine rings is 1. The standard InChI is InChI=1S/C10H13N3O2/c1-6-4-7(10(12)13-5-6)9(15)8(14)2-3-11/h4-5,8-9,14-15H,2H2,1H3,(H2,12,13). The van der Waals surface area contributed by atoms with Gasteiger partial charge < -0.3 is 15.9 Å². The highest BCUT2D eigenvalue weighted by Crippen LogP contribution is 2.23. The molecule has 0 saturated carbocycles. The summed E-state index contributed by atoms with van der Waals surface area (Å²) in [4.78, 5) is 3.87. The molecule has 1 aromatic rings. The number of rotatable bonds is 3. The average molecular weight is 207 g/mol. The van der Waals surface area contributed by atoms with Gasteiger partial charge in [0.15, 0.2) is 0 Å². The molecule has 0 aliphatic carbocycles. The summed E-state index contributed by atoms with van der Waals surface area (Å²) in [5.74, 6) is 0.171. The minimum Gasteiger partial charge on any atom is -0.389 e. The first-order chi connectivity index (χ1) is 7.06. The molecular weight excluding hydrogens is 194 g/mol. The van der Waals surface area contributed by atoms with E-state index in [2.05, 4.69) is 4.98 Å². The molecule has 0 saturated heterocycles. The van der Waals surface area contributed by atoms with Gasteiger partial charge in [-0.15, -0.1) is 0 Å². The first-order valence-electron chi connectivity index (χ1n) is 4.51. The van der Waals surface area contributed by atoms with Crippen molar-refractivity contribution in [2.45, 2.75) is 25.6 Å². The largest absolute Gasteiger partial charge is 0.389 e. The van der Waals surface area contributed by atoms with Crippen molar-refractivity contribution in [1.82, 2.24) is 4.98 Å². The Labute approximate surface area is 87.8 Å². The van der Waals surface area contributed by atoms with Crippen molar-refractivity contribution in [3.63, 3.8) is 0 Å².